The zero-order valence-corrected chi connectivity index (χ0v) is 19.4. The molecular formula is C31H27NO. The van der Waals surface area contributed by atoms with E-state index in [9.17, 15) is 0 Å². The third kappa shape index (κ3) is 2.76. The van der Waals surface area contributed by atoms with Crippen LogP contribution >= 0.6 is 0 Å². The van der Waals surface area contributed by atoms with Crippen molar-refractivity contribution in [3.63, 3.8) is 0 Å². The molecule has 1 aromatic heterocycles. The van der Waals surface area contributed by atoms with E-state index in [1.807, 2.05) is 6.07 Å². The van der Waals surface area contributed by atoms with Crippen molar-refractivity contribution < 1.29 is 4.42 Å². The van der Waals surface area contributed by atoms with Crippen molar-refractivity contribution in [3.05, 3.63) is 89.0 Å². The normalized spacial score (nSPS) is 19.1. The minimum Gasteiger partial charge on any atom is -0.455 e. The smallest absolute Gasteiger partial charge is 0.144 e. The average molecular weight is 430 g/mol. The number of aryl methyl sites for hydroxylation is 1. The molecule has 33 heavy (non-hydrogen) atoms. The lowest BCUT2D eigenvalue weighted by atomic mass is 9.85. The molecule has 1 atom stereocenters. The zero-order chi connectivity index (χ0) is 22.3. The maximum atomic E-state index is 6.39. The second-order valence-electron chi connectivity index (χ2n) is 10.8. The summed E-state index contributed by atoms with van der Waals surface area (Å²) < 4.78 is 6.39. The van der Waals surface area contributed by atoms with Crippen LogP contribution in [-0.4, -0.2) is 5.71 Å². The highest BCUT2D eigenvalue weighted by atomic mass is 16.3. The SMILES string of the molecule is Cc1cc(C2=Nc3cccc4c(C5CCC(C)(C)C5)ccc2c34)c2oc3ccccc3c2c1. The molecule has 0 bridgehead atoms. The molecule has 1 unspecified atom stereocenters. The van der Waals surface area contributed by atoms with Gasteiger partial charge in [0.15, 0.2) is 0 Å². The van der Waals surface area contributed by atoms with Gasteiger partial charge in [-0.3, -0.25) is 0 Å². The van der Waals surface area contributed by atoms with Crippen LogP contribution < -0.4 is 0 Å². The first-order valence-corrected chi connectivity index (χ1v) is 12.1. The molecule has 1 aliphatic heterocycles. The molecule has 0 N–H and O–H groups in total. The van der Waals surface area contributed by atoms with Gasteiger partial charge in [0.05, 0.1) is 11.4 Å². The minimum absolute atomic E-state index is 0.434. The maximum Gasteiger partial charge on any atom is 0.144 e. The van der Waals surface area contributed by atoms with Crippen LogP contribution in [0.2, 0.25) is 0 Å². The van der Waals surface area contributed by atoms with Crippen LogP contribution in [0, 0.1) is 12.3 Å². The number of furan rings is 1. The van der Waals surface area contributed by atoms with Gasteiger partial charge >= 0.3 is 0 Å². The fraction of sp³-hybridized carbons (Fsp3) is 0.258. The fourth-order valence-corrected chi connectivity index (χ4v) is 6.29. The summed E-state index contributed by atoms with van der Waals surface area (Å²) in [6.07, 6.45) is 3.84. The highest BCUT2D eigenvalue weighted by molar-refractivity contribution is 6.30. The lowest BCUT2D eigenvalue weighted by Crippen LogP contribution is -2.05. The first-order chi connectivity index (χ1) is 16.0. The Kier molecular flexibility index (Phi) is 3.81. The maximum absolute atomic E-state index is 6.39. The number of aliphatic imine (C=N–C) groups is 1. The van der Waals surface area contributed by atoms with Crippen molar-refractivity contribution >= 4 is 44.1 Å². The van der Waals surface area contributed by atoms with Gasteiger partial charge in [0.25, 0.3) is 0 Å². The molecule has 1 fully saturated rings. The molecule has 2 nitrogen and oxygen atoms in total. The first kappa shape index (κ1) is 19.1. The Bertz CT molecular complexity index is 1630. The van der Waals surface area contributed by atoms with E-state index in [1.165, 1.54) is 52.1 Å². The van der Waals surface area contributed by atoms with Crippen molar-refractivity contribution in [2.75, 3.05) is 0 Å². The van der Waals surface area contributed by atoms with Gasteiger partial charge in [-0.05, 0) is 78.3 Å². The molecule has 0 amide bonds. The lowest BCUT2D eigenvalue weighted by Gasteiger charge is -2.19. The number of hydrogen-bond acceptors (Lipinski definition) is 2. The van der Waals surface area contributed by atoms with E-state index in [0.29, 0.717) is 11.3 Å². The van der Waals surface area contributed by atoms with Gasteiger partial charge in [-0.15, -0.1) is 0 Å². The molecule has 0 radical (unpaired) electrons. The molecule has 5 aromatic rings. The summed E-state index contributed by atoms with van der Waals surface area (Å²) in [5.41, 5.74) is 9.46. The second kappa shape index (κ2) is 6.57. The monoisotopic (exact) mass is 429 g/mol. The van der Waals surface area contributed by atoms with Gasteiger partial charge in [0, 0.05) is 27.3 Å². The van der Waals surface area contributed by atoms with Crippen LogP contribution in [0.1, 0.15) is 61.3 Å². The van der Waals surface area contributed by atoms with E-state index in [0.717, 1.165) is 33.5 Å². The van der Waals surface area contributed by atoms with Gasteiger partial charge < -0.3 is 4.42 Å². The zero-order valence-electron chi connectivity index (χ0n) is 19.4. The van der Waals surface area contributed by atoms with Crippen molar-refractivity contribution in [2.45, 2.75) is 46.0 Å². The molecule has 1 saturated carbocycles. The largest absolute Gasteiger partial charge is 0.455 e. The number of benzene rings is 4. The van der Waals surface area contributed by atoms with Crippen LogP contribution in [0.15, 0.2) is 76.1 Å². The quantitative estimate of drug-likeness (QED) is 0.270. The van der Waals surface area contributed by atoms with Crippen molar-refractivity contribution in [2.24, 2.45) is 10.4 Å². The molecule has 162 valence electrons. The molecule has 2 heterocycles. The number of para-hydroxylation sites is 1. The summed E-state index contributed by atoms with van der Waals surface area (Å²) in [7, 11) is 0. The van der Waals surface area contributed by atoms with E-state index >= 15 is 0 Å². The van der Waals surface area contributed by atoms with E-state index in [1.54, 1.807) is 0 Å². The Labute approximate surface area is 193 Å². The van der Waals surface area contributed by atoms with Gasteiger partial charge in [-0.2, -0.15) is 0 Å². The number of rotatable bonds is 2. The molecule has 1 aliphatic carbocycles. The Hall–Kier alpha value is -3.39. The van der Waals surface area contributed by atoms with Gasteiger partial charge in [-0.25, -0.2) is 4.99 Å². The van der Waals surface area contributed by atoms with E-state index < -0.39 is 0 Å². The Morgan fingerprint density at radius 3 is 2.58 bits per heavy atom. The predicted molar refractivity (Wildman–Crippen MR) is 138 cm³/mol. The molecule has 0 spiro atoms. The Morgan fingerprint density at radius 1 is 0.879 bits per heavy atom. The van der Waals surface area contributed by atoms with Crippen molar-refractivity contribution in [3.8, 4) is 0 Å². The minimum atomic E-state index is 0.434. The van der Waals surface area contributed by atoms with Crippen LogP contribution in [0.25, 0.3) is 32.7 Å². The summed E-state index contributed by atoms with van der Waals surface area (Å²) in [6, 6.07) is 24.1. The summed E-state index contributed by atoms with van der Waals surface area (Å²) in [6.45, 7) is 6.98. The van der Waals surface area contributed by atoms with E-state index in [2.05, 4.69) is 81.4 Å². The molecule has 0 saturated heterocycles. The summed E-state index contributed by atoms with van der Waals surface area (Å²) in [5, 5.41) is 5.01. The molecule has 2 aliphatic rings. The predicted octanol–water partition coefficient (Wildman–Crippen LogP) is 8.82. The highest BCUT2D eigenvalue weighted by Gasteiger charge is 2.33. The van der Waals surface area contributed by atoms with Gasteiger partial charge in [0.2, 0.25) is 0 Å². The van der Waals surface area contributed by atoms with Crippen LogP contribution in [0.3, 0.4) is 0 Å². The van der Waals surface area contributed by atoms with Crippen LogP contribution in [0.5, 0.6) is 0 Å². The first-order valence-electron chi connectivity index (χ1n) is 12.1. The van der Waals surface area contributed by atoms with Gasteiger partial charge in [-0.1, -0.05) is 56.3 Å². The molecule has 4 aromatic carbocycles. The van der Waals surface area contributed by atoms with Crippen molar-refractivity contribution in [1.82, 2.24) is 0 Å². The molecule has 7 rings (SSSR count). The van der Waals surface area contributed by atoms with Gasteiger partial charge in [0.1, 0.15) is 11.2 Å². The topological polar surface area (TPSA) is 25.5 Å². The van der Waals surface area contributed by atoms with Crippen molar-refractivity contribution in [1.29, 1.82) is 0 Å². The summed E-state index contributed by atoms with van der Waals surface area (Å²) >= 11 is 0. The summed E-state index contributed by atoms with van der Waals surface area (Å²) in [4.78, 5) is 5.18. The average Bonchev–Trinajstić information content (AvgIpc) is 3.48. The Morgan fingerprint density at radius 2 is 1.73 bits per heavy atom. The van der Waals surface area contributed by atoms with Crippen LogP contribution in [0.4, 0.5) is 5.69 Å². The van der Waals surface area contributed by atoms with E-state index in [-0.39, 0.29) is 0 Å². The molecule has 2 heteroatoms. The number of fused-ring (bicyclic) bond motifs is 3. The highest BCUT2D eigenvalue weighted by Crippen LogP contribution is 2.49. The molecular weight excluding hydrogens is 402 g/mol. The summed E-state index contributed by atoms with van der Waals surface area (Å²) in [5.74, 6) is 0.634. The van der Waals surface area contributed by atoms with Crippen LogP contribution in [-0.2, 0) is 0 Å². The fourth-order valence-electron chi connectivity index (χ4n) is 6.29. The number of nitrogens with zero attached hydrogens (tertiary/aromatic N) is 1. The number of hydrogen-bond donors (Lipinski definition) is 0. The standard InChI is InChI=1S/C31H27NO/c1-18-15-24-21-7-4-5-10-27(21)33-30(24)25(16-18)29-23-12-11-20(19-13-14-31(2,3)17-19)22-8-6-9-26(32-29)28(22)23/h4-12,15-16,19H,13-14,17H2,1-3H3. The Balaban J connectivity index is 1.45. The van der Waals surface area contributed by atoms with E-state index in [4.69, 9.17) is 9.41 Å². The third-order valence-electron chi connectivity index (χ3n) is 7.83. The lowest BCUT2D eigenvalue weighted by molar-refractivity contribution is 0.376. The third-order valence-corrected chi connectivity index (χ3v) is 7.83. The second-order valence-corrected chi connectivity index (χ2v) is 10.8.